The molecule has 0 saturated carbocycles. The third-order valence-corrected chi connectivity index (χ3v) is 12.6. The normalized spacial score (nSPS) is 14.7. The average Bonchev–Trinajstić information content (AvgIpc) is 3.79. The number of fused-ring (bicyclic) bond motifs is 8. The van der Waals surface area contributed by atoms with Crippen LogP contribution in [0.3, 0.4) is 0 Å². The van der Waals surface area contributed by atoms with E-state index in [1.165, 1.54) is 39.4 Å². The maximum atomic E-state index is 5.31. The van der Waals surface area contributed by atoms with E-state index in [0.717, 1.165) is 56.1 Å². The van der Waals surface area contributed by atoms with Crippen LogP contribution in [0.15, 0.2) is 164 Å². The smallest absolute Gasteiger partial charge is 0.238 e. The lowest BCUT2D eigenvalue weighted by Gasteiger charge is -2.43. The minimum Gasteiger partial charge on any atom is -0.307 e. The molecule has 0 N–H and O–H groups in total. The van der Waals surface area contributed by atoms with Crippen LogP contribution in [0.2, 0.25) is 0 Å². The van der Waals surface area contributed by atoms with Crippen molar-refractivity contribution < 1.29 is 0 Å². The molecule has 0 saturated heterocycles. The molecule has 0 unspecified atom stereocenters. The van der Waals surface area contributed by atoms with Gasteiger partial charge < -0.3 is 4.57 Å². The van der Waals surface area contributed by atoms with Crippen molar-refractivity contribution in [3.63, 3.8) is 0 Å². The molecule has 0 bridgehead atoms. The Hall–Kier alpha value is -6.85. The number of benzene rings is 7. The summed E-state index contributed by atoms with van der Waals surface area (Å²) in [7, 11) is 0. The second-order valence-corrected chi connectivity index (χ2v) is 17.1. The van der Waals surface area contributed by atoms with E-state index in [4.69, 9.17) is 15.0 Å². The number of aromatic nitrogens is 5. The molecule has 10 aromatic rings. The number of para-hydroxylation sites is 3. The van der Waals surface area contributed by atoms with Crippen LogP contribution in [0.4, 0.5) is 0 Å². The van der Waals surface area contributed by atoms with Gasteiger partial charge in [0.05, 0.1) is 27.8 Å². The summed E-state index contributed by atoms with van der Waals surface area (Å²) in [5.74, 6) is 1.85. The summed E-state index contributed by atoms with van der Waals surface area (Å²) < 4.78 is 4.79. The third kappa shape index (κ3) is 5.19. The molecule has 0 aliphatic heterocycles. The van der Waals surface area contributed by atoms with Gasteiger partial charge in [0.2, 0.25) is 5.95 Å². The second kappa shape index (κ2) is 12.8. The summed E-state index contributed by atoms with van der Waals surface area (Å²) in [6.45, 7) is 9.68. The van der Waals surface area contributed by atoms with Crippen LogP contribution in [-0.4, -0.2) is 24.1 Å². The molecule has 0 fully saturated rings. The van der Waals surface area contributed by atoms with Gasteiger partial charge in [0.15, 0.2) is 11.6 Å². The van der Waals surface area contributed by atoms with Crippen molar-refractivity contribution in [2.24, 2.45) is 0 Å². The van der Waals surface area contributed by atoms with E-state index in [1.54, 1.807) is 0 Å². The predicted octanol–water partition coefficient (Wildman–Crippen LogP) is 13.4. The van der Waals surface area contributed by atoms with Crippen LogP contribution in [-0.2, 0) is 10.8 Å². The van der Waals surface area contributed by atoms with Crippen LogP contribution >= 0.6 is 0 Å². The molecular formula is C53H43N5. The van der Waals surface area contributed by atoms with Crippen LogP contribution in [0.25, 0.3) is 89.2 Å². The zero-order chi connectivity index (χ0) is 39.2. The molecule has 0 spiro atoms. The first-order valence-electron chi connectivity index (χ1n) is 20.3. The molecule has 1 aliphatic carbocycles. The standard InChI is InChI=1S/C53H43N5/c1-52(2)32-33-53(3,4)46-39(25-17-26-42(46)52)36-22-11-14-27-43(36)57-44-28-15-12-23-37(44)40-30-31-41-38-24-13-16-29-45(38)58(48(41)47(40)57)51-55-49(34-18-7-5-8-19-34)54-50(56-51)35-20-9-6-10-21-35/h5-31H,32-33H2,1-4H3. The summed E-state index contributed by atoms with van der Waals surface area (Å²) in [4.78, 5) is 15.7. The van der Waals surface area contributed by atoms with E-state index in [-0.39, 0.29) is 10.8 Å². The first kappa shape index (κ1) is 34.4. The van der Waals surface area contributed by atoms with Crippen molar-refractivity contribution in [2.75, 3.05) is 0 Å². The number of hydrogen-bond donors (Lipinski definition) is 0. The van der Waals surface area contributed by atoms with Crippen molar-refractivity contribution >= 4 is 43.6 Å². The number of hydrogen-bond acceptors (Lipinski definition) is 3. The van der Waals surface area contributed by atoms with Gasteiger partial charge in [-0.1, -0.05) is 173 Å². The number of nitrogens with zero attached hydrogens (tertiary/aromatic N) is 5. The predicted molar refractivity (Wildman–Crippen MR) is 240 cm³/mol. The Kier molecular flexibility index (Phi) is 7.61. The van der Waals surface area contributed by atoms with Crippen molar-refractivity contribution in [1.82, 2.24) is 24.1 Å². The minimum atomic E-state index is 0.0284. The molecule has 7 aromatic carbocycles. The molecule has 0 radical (unpaired) electrons. The summed E-state index contributed by atoms with van der Waals surface area (Å²) in [5.41, 5.74) is 13.0. The highest BCUT2D eigenvalue weighted by molar-refractivity contribution is 6.24. The van der Waals surface area contributed by atoms with Crippen LogP contribution in [0.5, 0.6) is 0 Å². The van der Waals surface area contributed by atoms with E-state index in [1.807, 2.05) is 36.4 Å². The molecule has 3 aromatic heterocycles. The molecule has 0 amide bonds. The fourth-order valence-electron chi connectivity index (χ4n) is 9.71. The summed E-state index contributed by atoms with van der Waals surface area (Å²) in [6, 6.07) is 58.5. The van der Waals surface area contributed by atoms with Gasteiger partial charge in [-0.15, -0.1) is 0 Å². The van der Waals surface area contributed by atoms with E-state index in [2.05, 4.69) is 164 Å². The first-order valence-corrected chi connectivity index (χ1v) is 20.3. The zero-order valence-corrected chi connectivity index (χ0v) is 33.2. The molecule has 280 valence electrons. The lowest BCUT2D eigenvalue weighted by atomic mass is 9.61. The van der Waals surface area contributed by atoms with Gasteiger partial charge in [0.25, 0.3) is 0 Å². The minimum absolute atomic E-state index is 0.0284. The molecule has 5 heteroatoms. The maximum absolute atomic E-state index is 5.31. The monoisotopic (exact) mass is 749 g/mol. The average molecular weight is 750 g/mol. The van der Waals surface area contributed by atoms with Gasteiger partial charge in [-0.2, -0.15) is 9.97 Å². The van der Waals surface area contributed by atoms with Crippen molar-refractivity contribution in [3.8, 4) is 45.5 Å². The summed E-state index contributed by atoms with van der Waals surface area (Å²) in [5, 5.41) is 4.67. The van der Waals surface area contributed by atoms with Crippen molar-refractivity contribution in [2.45, 2.75) is 51.4 Å². The Morgan fingerprint density at radius 1 is 0.414 bits per heavy atom. The van der Waals surface area contributed by atoms with Gasteiger partial charge in [0.1, 0.15) is 0 Å². The first-order chi connectivity index (χ1) is 28.3. The van der Waals surface area contributed by atoms with Crippen LogP contribution in [0, 0.1) is 0 Å². The van der Waals surface area contributed by atoms with Gasteiger partial charge in [-0.05, 0) is 58.6 Å². The fraction of sp³-hybridized carbons (Fsp3) is 0.151. The van der Waals surface area contributed by atoms with E-state index >= 15 is 0 Å². The lowest BCUT2D eigenvalue weighted by molar-refractivity contribution is 0.333. The highest BCUT2D eigenvalue weighted by Gasteiger charge is 2.39. The van der Waals surface area contributed by atoms with E-state index in [0.29, 0.717) is 17.6 Å². The molecule has 5 nitrogen and oxygen atoms in total. The highest BCUT2D eigenvalue weighted by Crippen LogP contribution is 2.51. The Bertz CT molecular complexity index is 3160. The van der Waals surface area contributed by atoms with Crippen LogP contribution in [0.1, 0.15) is 51.7 Å². The topological polar surface area (TPSA) is 48.5 Å². The SMILES string of the molecule is CC1(C)CCC(C)(C)c2c(-c3ccccc3-n3c4ccccc4c4ccc5c6ccccc6n(-c6nc(-c7ccccc7)nc(-c7ccccc7)n6)c5c43)cccc21. The lowest BCUT2D eigenvalue weighted by Crippen LogP contribution is -2.34. The molecule has 3 heterocycles. The van der Waals surface area contributed by atoms with Gasteiger partial charge >= 0.3 is 0 Å². The molecule has 11 rings (SSSR count). The Balaban J connectivity index is 1.29. The maximum Gasteiger partial charge on any atom is 0.238 e. The quantitative estimate of drug-likeness (QED) is 0.176. The zero-order valence-electron chi connectivity index (χ0n) is 33.2. The largest absolute Gasteiger partial charge is 0.307 e. The summed E-state index contributed by atoms with van der Waals surface area (Å²) in [6.07, 6.45) is 2.31. The Morgan fingerprint density at radius 2 is 0.914 bits per heavy atom. The van der Waals surface area contributed by atoms with Gasteiger partial charge in [-0.3, -0.25) is 4.57 Å². The highest BCUT2D eigenvalue weighted by atomic mass is 15.2. The molecule has 1 aliphatic rings. The van der Waals surface area contributed by atoms with E-state index < -0.39 is 0 Å². The number of rotatable bonds is 5. The summed E-state index contributed by atoms with van der Waals surface area (Å²) >= 11 is 0. The van der Waals surface area contributed by atoms with Crippen molar-refractivity contribution in [3.05, 3.63) is 175 Å². The molecule has 0 atom stereocenters. The van der Waals surface area contributed by atoms with Crippen LogP contribution < -0.4 is 0 Å². The third-order valence-electron chi connectivity index (χ3n) is 12.6. The van der Waals surface area contributed by atoms with Gasteiger partial charge in [0, 0.05) is 38.2 Å². The fourth-order valence-corrected chi connectivity index (χ4v) is 9.71. The van der Waals surface area contributed by atoms with E-state index in [9.17, 15) is 0 Å². The Morgan fingerprint density at radius 3 is 1.55 bits per heavy atom. The van der Waals surface area contributed by atoms with Gasteiger partial charge in [-0.25, -0.2) is 4.98 Å². The molecule has 58 heavy (non-hydrogen) atoms. The Labute approximate surface area is 338 Å². The second-order valence-electron chi connectivity index (χ2n) is 17.1. The molecular weight excluding hydrogens is 707 g/mol. The van der Waals surface area contributed by atoms with Crippen molar-refractivity contribution in [1.29, 1.82) is 0 Å².